The van der Waals surface area contributed by atoms with E-state index in [2.05, 4.69) is 25.3 Å². The summed E-state index contributed by atoms with van der Waals surface area (Å²) in [4.78, 5) is 16.9. The third-order valence-corrected chi connectivity index (χ3v) is 3.98. The van der Waals surface area contributed by atoms with Gasteiger partial charge in [-0.15, -0.1) is 0 Å². The number of aromatic nitrogens is 4. The van der Waals surface area contributed by atoms with Crippen molar-refractivity contribution in [3.8, 4) is 11.4 Å². The summed E-state index contributed by atoms with van der Waals surface area (Å²) < 4.78 is 0. The molecule has 2 aromatic carbocycles. The number of para-hydroxylation sites is 2. The molecule has 0 aliphatic heterocycles. The third kappa shape index (κ3) is 3.14. The minimum atomic E-state index is 0.558. The number of imidazole rings is 1. The van der Waals surface area contributed by atoms with Crippen LogP contribution < -0.4 is 11.1 Å². The lowest BCUT2D eigenvalue weighted by Gasteiger charge is -2.09. The number of benzene rings is 2. The van der Waals surface area contributed by atoms with Crippen molar-refractivity contribution in [2.75, 3.05) is 11.1 Å². The zero-order valence-corrected chi connectivity index (χ0v) is 13.8. The van der Waals surface area contributed by atoms with Crippen molar-refractivity contribution in [2.24, 2.45) is 0 Å². The van der Waals surface area contributed by atoms with Gasteiger partial charge in [-0.1, -0.05) is 24.3 Å². The molecule has 0 unspecified atom stereocenters. The standard InChI is InChI=1S/C19H18N6/c1-12-10-21-19(13-5-4-6-14(20)9-13)25-18(12)22-11-17-23-15-7-2-3-8-16(15)24-17/h2-10H,11,20H2,1H3,(H,23,24)(H,21,22,25). The maximum atomic E-state index is 5.85. The Balaban J connectivity index is 1.58. The highest BCUT2D eigenvalue weighted by Crippen LogP contribution is 2.21. The van der Waals surface area contributed by atoms with E-state index in [4.69, 9.17) is 5.73 Å². The number of H-pyrrole nitrogens is 1. The summed E-state index contributed by atoms with van der Waals surface area (Å²) >= 11 is 0. The van der Waals surface area contributed by atoms with Gasteiger partial charge in [0, 0.05) is 23.0 Å². The lowest BCUT2D eigenvalue weighted by Crippen LogP contribution is -2.06. The fraction of sp³-hybridized carbons (Fsp3) is 0.105. The van der Waals surface area contributed by atoms with Crippen molar-refractivity contribution in [1.82, 2.24) is 19.9 Å². The van der Waals surface area contributed by atoms with Gasteiger partial charge < -0.3 is 16.0 Å². The summed E-state index contributed by atoms with van der Waals surface area (Å²) in [5.41, 5.74) is 10.4. The average Bonchev–Trinajstić information content (AvgIpc) is 3.04. The summed E-state index contributed by atoms with van der Waals surface area (Å²) in [6.45, 7) is 2.53. The lowest BCUT2D eigenvalue weighted by molar-refractivity contribution is 0.986. The smallest absolute Gasteiger partial charge is 0.161 e. The van der Waals surface area contributed by atoms with Gasteiger partial charge in [-0.3, -0.25) is 0 Å². The first-order valence-electron chi connectivity index (χ1n) is 8.06. The second-order valence-corrected chi connectivity index (χ2v) is 5.90. The Labute approximate surface area is 145 Å². The topological polar surface area (TPSA) is 92.5 Å². The van der Waals surface area contributed by atoms with Gasteiger partial charge in [0.2, 0.25) is 0 Å². The summed E-state index contributed by atoms with van der Waals surface area (Å²) in [7, 11) is 0. The maximum absolute atomic E-state index is 5.85. The zero-order chi connectivity index (χ0) is 17.2. The molecule has 0 amide bonds. The molecule has 4 N–H and O–H groups in total. The molecule has 0 saturated carbocycles. The molecule has 0 aliphatic carbocycles. The number of hydrogen-bond acceptors (Lipinski definition) is 5. The van der Waals surface area contributed by atoms with Crippen molar-refractivity contribution in [1.29, 1.82) is 0 Å². The molecule has 124 valence electrons. The minimum absolute atomic E-state index is 0.558. The Bertz CT molecular complexity index is 1000. The molecule has 0 fully saturated rings. The van der Waals surface area contributed by atoms with Crippen molar-refractivity contribution in [3.63, 3.8) is 0 Å². The number of nitrogens with two attached hydrogens (primary N) is 1. The Morgan fingerprint density at radius 3 is 2.80 bits per heavy atom. The molecule has 2 heterocycles. The summed E-state index contributed by atoms with van der Waals surface area (Å²) in [6.07, 6.45) is 1.81. The highest BCUT2D eigenvalue weighted by Gasteiger charge is 2.08. The van der Waals surface area contributed by atoms with Gasteiger partial charge in [0.1, 0.15) is 11.6 Å². The van der Waals surface area contributed by atoms with E-state index in [0.29, 0.717) is 18.1 Å². The molecule has 6 nitrogen and oxygen atoms in total. The van der Waals surface area contributed by atoms with Gasteiger partial charge in [0.25, 0.3) is 0 Å². The normalized spacial score (nSPS) is 10.9. The van der Waals surface area contributed by atoms with Crippen LogP contribution in [0, 0.1) is 6.92 Å². The molecule has 0 saturated heterocycles. The van der Waals surface area contributed by atoms with Crippen molar-refractivity contribution in [3.05, 3.63) is 66.1 Å². The molecule has 2 aromatic heterocycles. The Hall–Kier alpha value is -3.41. The lowest BCUT2D eigenvalue weighted by atomic mass is 10.2. The van der Waals surface area contributed by atoms with Crippen LogP contribution in [-0.4, -0.2) is 19.9 Å². The third-order valence-electron chi connectivity index (χ3n) is 3.98. The van der Waals surface area contributed by atoms with Gasteiger partial charge in [-0.2, -0.15) is 0 Å². The van der Waals surface area contributed by atoms with Gasteiger partial charge in [-0.05, 0) is 31.2 Å². The van der Waals surface area contributed by atoms with Crippen LogP contribution in [0.4, 0.5) is 11.5 Å². The monoisotopic (exact) mass is 330 g/mol. The van der Waals surface area contributed by atoms with E-state index in [1.54, 1.807) is 0 Å². The molecule has 4 rings (SSSR count). The second kappa shape index (κ2) is 6.24. The Kier molecular flexibility index (Phi) is 3.78. The Morgan fingerprint density at radius 1 is 1.08 bits per heavy atom. The van der Waals surface area contributed by atoms with E-state index in [-0.39, 0.29) is 0 Å². The predicted octanol–water partition coefficient (Wildman–Crippen LogP) is 3.52. The summed E-state index contributed by atoms with van der Waals surface area (Å²) in [5, 5.41) is 3.34. The van der Waals surface area contributed by atoms with Crippen LogP contribution in [0.3, 0.4) is 0 Å². The molecule has 0 spiro atoms. The molecule has 4 aromatic rings. The Morgan fingerprint density at radius 2 is 1.96 bits per heavy atom. The fourth-order valence-corrected chi connectivity index (χ4v) is 2.69. The molecular weight excluding hydrogens is 312 g/mol. The molecule has 0 atom stereocenters. The van der Waals surface area contributed by atoms with Crippen molar-refractivity contribution < 1.29 is 0 Å². The molecule has 0 bridgehead atoms. The average molecular weight is 330 g/mol. The fourth-order valence-electron chi connectivity index (χ4n) is 2.69. The quantitative estimate of drug-likeness (QED) is 0.498. The van der Waals surface area contributed by atoms with E-state index in [1.807, 2.05) is 61.7 Å². The highest BCUT2D eigenvalue weighted by atomic mass is 15.1. The highest BCUT2D eigenvalue weighted by molar-refractivity contribution is 5.74. The first-order valence-corrected chi connectivity index (χ1v) is 8.06. The summed E-state index contributed by atoms with van der Waals surface area (Å²) in [5.74, 6) is 2.29. The van der Waals surface area contributed by atoms with Gasteiger partial charge in [0.15, 0.2) is 5.82 Å². The number of anilines is 2. The van der Waals surface area contributed by atoms with Crippen LogP contribution in [0.2, 0.25) is 0 Å². The van der Waals surface area contributed by atoms with E-state index < -0.39 is 0 Å². The number of aromatic amines is 1. The van der Waals surface area contributed by atoms with E-state index in [0.717, 1.165) is 33.8 Å². The number of fused-ring (bicyclic) bond motifs is 1. The predicted molar refractivity (Wildman–Crippen MR) is 100 cm³/mol. The zero-order valence-electron chi connectivity index (χ0n) is 13.8. The molecule has 25 heavy (non-hydrogen) atoms. The molecule has 0 radical (unpaired) electrons. The van der Waals surface area contributed by atoms with Crippen LogP contribution in [0.5, 0.6) is 0 Å². The molecular formula is C19H18N6. The van der Waals surface area contributed by atoms with E-state index in [1.165, 1.54) is 0 Å². The van der Waals surface area contributed by atoms with Crippen LogP contribution in [0.25, 0.3) is 22.4 Å². The number of rotatable bonds is 4. The number of nitrogen functional groups attached to an aromatic ring is 1. The number of aryl methyl sites for hydroxylation is 1. The summed E-state index contributed by atoms with van der Waals surface area (Å²) in [6, 6.07) is 15.5. The molecule has 0 aliphatic rings. The van der Waals surface area contributed by atoms with E-state index in [9.17, 15) is 0 Å². The number of nitrogens with zero attached hydrogens (tertiary/aromatic N) is 3. The van der Waals surface area contributed by atoms with Crippen molar-refractivity contribution in [2.45, 2.75) is 13.5 Å². The van der Waals surface area contributed by atoms with Crippen LogP contribution >= 0.6 is 0 Å². The van der Waals surface area contributed by atoms with Crippen LogP contribution in [-0.2, 0) is 6.54 Å². The number of hydrogen-bond donors (Lipinski definition) is 3. The van der Waals surface area contributed by atoms with E-state index >= 15 is 0 Å². The van der Waals surface area contributed by atoms with Crippen molar-refractivity contribution >= 4 is 22.5 Å². The SMILES string of the molecule is Cc1cnc(-c2cccc(N)c2)nc1NCc1nc2ccccc2[nH]1. The van der Waals surface area contributed by atoms with Gasteiger partial charge in [0.05, 0.1) is 17.6 Å². The second-order valence-electron chi connectivity index (χ2n) is 5.90. The largest absolute Gasteiger partial charge is 0.399 e. The minimum Gasteiger partial charge on any atom is -0.399 e. The van der Waals surface area contributed by atoms with Gasteiger partial charge >= 0.3 is 0 Å². The maximum Gasteiger partial charge on any atom is 0.161 e. The number of nitrogens with one attached hydrogen (secondary N) is 2. The first-order chi connectivity index (χ1) is 12.2. The van der Waals surface area contributed by atoms with Gasteiger partial charge in [-0.25, -0.2) is 15.0 Å². The first kappa shape index (κ1) is 15.1. The van der Waals surface area contributed by atoms with Crippen LogP contribution in [0.1, 0.15) is 11.4 Å². The molecule has 6 heteroatoms. The van der Waals surface area contributed by atoms with Crippen LogP contribution in [0.15, 0.2) is 54.7 Å².